The summed E-state index contributed by atoms with van der Waals surface area (Å²) in [5.74, 6) is -0.387. The van der Waals surface area contributed by atoms with Crippen LogP contribution in [0.3, 0.4) is 0 Å². The maximum Gasteiger partial charge on any atom is 0.335 e. The summed E-state index contributed by atoms with van der Waals surface area (Å²) in [6.45, 7) is 1.83. The fraction of sp³-hybridized carbons (Fsp3) is 0.0714. The number of nitrogens with zero attached hydrogens (tertiary/aromatic N) is 2. The third-order valence-electron chi connectivity index (χ3n) is 2.51. The van der Waals surface area contributed by atoms with Crippen molar-refractivity contribution in [2.75, 3.05) is 0 Å². The van der Waals surface area contributed by atoms with E-state index in [4.69, 9.17) is 15.1 Å². The molecule has 0 aliphatic carbocycles. The molecule has 1 heterocycles. The van der Waals surface area contributed by atoms with Crippen LogP contribution in [0.5, 0.6) is 11.6 Å². The highest BCUT2D eigenvalue weighted by Crippen LogP contribution is 2.25. The highest BCUT2D eigenvalue weighted by atomic mass is 16.5. The van der Waals surface area contributed by atoms with E-state index in [1.54, 1.807) is 18.2 Å². The molecule has 0 bridgehead atoms. The lowest BCUT2D eigenvalue weighted by atomic mass is 10.1. The first-order valence-electron chi connectivity index (χ1n) is 5.48. The van der Waals surface area contributed by atoms with Gasteiger partial charge in [0.1, 0.15) is 5.75 Å². The van der Waals surface area contributed by atoms with Gasteiger partial charge in [-0.25, -0.2) is 9.78 Å². The normalized spacial score (nSPS) is 9.68. The number of aryl methyl sites for hydroxylation is 1. The van der Waals surface area contributed by atoms with Crippen LogP contribution in [0.4, 0.5) is 0 Å². The molecule has 0 fully saturated rings. The Morgan fingerprint density at radius 1 is 1.37 bits per heavy atom. The Kier molecular flexibility index (Phi) is 3.44. The van der Waals surface area contributed by atoms with Crippen molar-refractivity contribution in [2.45, 2.75) is 6.92 Å². The van der Waals surface area contributed by atoms with Gasteiger partial charge in [0.2, 0.25) is 5.88 Å². The number of aromatic nitrogens is 1. The zero-order valence-electron chi connectivity index (χ0n) is 10.1. The lowest BCUT2D eigenvalue weighted by Crippen LogP contribution is -1.98. The van der Waals surface area contributed by atoms with Crippen molar-refractivity contribution in [3.05, 3.63) is 53.2 Å². The van der Waals surface area contributed by atoms with Crippen LogP contribution in [0.25, 0.3) is 0 Å². The molecule has 2 aromatic rings. The van der Waals surface area contributed by atoms with Crippen molar-refractivity contribution >= 4 is 5.97 Å². The van der Waals surface area contributed by atoms with E-state index < -0.39 is 5.97 Å². The molecule has 0 saturated carbocycles. The minimum Gasteiger partial charge on any atom is -0.478 e. The summed E-state index contributed by atoms with van der Waals surface area (Å²) in [6.07, 6.45) is 1.36. The van der Waals surface area contributed by atoms with E-state index in [2.05, 4.69) is 4.98 Å². The number of benzene rings is 1. The summed E-state index contributed by atoms with van der Waals surface area (Å²) < 4.78 is 5.52. The maximum atomic E-state index is 10.8. The van der Waals surface area contributed by atoms with Crippen molar-refractivity contribution in [2.24, 2.45) is 0 Å². The van der Waals surface area contributed by atoms with Gasteiger partial charge in [0.05, 0.1) is 17.2 Å². The predicted molar refractivity (Wildman–Crippen MR) is 67.2 cm³/mol. The minimum atomic E-state index is -1.05. The Balaban J connectivity index is 2.33. The molecule has 19 heavy (non-hydrogen) atoms. The van der Waals surface area contributed by atoms with Crippen LogP contribution in [-0.4, -0.2) is 16.1 Å². The lowest BCUT2D eigenvalue weighted by Gasteiger charge is -2.08. The third-order valence-corrected chi connectivity index (χ3v) is 2.51. The van der Waals surface area contributed by atoms with E-state index in [1.807, 2.05) is 13.0 Å². The molecule has 1 N–H and O–H groups in total. The number of aromatic carboxylic acids is 1. The van der Waals surface area contributed by atoms with Gasteiger partial charge in [-0.1, -0.05) is 6.07 Å². The summed E-state index contributed by atoms with van der Waals surface area (Å²) in [5, 5.41) is 17.7. The summed E-state index contributed by atoms with van der Waals surface area (Å²) in [4.78, 5) is 14.8. The Labute approximate surface area is 109 Å². The molecule has 2 rings (SSSR count). The lowest BCUT2D eigenvalue weighted by molar-refractivity contribution is 0.0696. The highest BCUT2D eigenvalue weighted by molar-refractivity contribution is 5.87. The van der Waals surface area contributed by atoms with Crippen molar-refractivity contribution in [1.29, 1.82) is 5.26 Å². The second-order valence-electron chi connectivity index (χ2n) is 3.88. The average Bonchev–Trinajstić information content (AvgIpc) is 2.41. The number of nitriles is 1. The molecule has 0 radical (unpaired) electrons. The van der Waals surface area contributed by atoms with Crippen molar-refractivity contribution in [1.82, 2.24) is 4.98 Å². The van der Waals surface area contributed by atoms with E-state index >= 15 is 0 Å². The number of carbonyl (C=O) groups is 1. The Morgan fingerprint density at radius 3 is 2.84 bits per heavy atom. The topological polar surface area (TPSA) is 83.2 Å². The fourth-order valence-electron chi connectivity index (χ4n) is 1.49. The molecule has 0 spiro atoms. The van der Waals surface area contributed by atoms with E-state index in [-0.39, 0.29) is 11.4 Å². The smallest absolute Gasteiger partial charge is 0.335 e. The molecule has 0 unspecified atom stereocenters. The van der Waals surface area contributed by atoms with Crippen LogP contribution in [0.15, 0.2) is 36.5 Å². The van der Waals surface area contributed by atoms with Crippen molar-refractivity contribution in [3.8, 4) is 17.7 Å². The average molecular weight is 254 g/mol. The molecular weight excluding hydrogens is 244 g/mol. The van der Waals surface area contributed by atoms with E-state index in [1.165, 1.54) is 18.3 Å². The van der Waals surface area contributed by atoms with Crippen LogP contribution in [-0.2, 0) is 0 Å². The largest absolute Gasteiger partial charge is 0.478 e. The quantitative estimate of drug-likeness (QED) is 0.910. The maximum absolute atomic E-state index is 10.8. The van der Waals surface area contributed by atoms with Gasteiger partial charge in [-0.15, -0.1) is 0 Å². The SMILES string of the molecule is Cc1ccc(C#N)cc1Oc1cc(C(=O)O)ccn1. The summed E-state index contributed by atoms with van der Waals surface area (Å²) in [7, 11) is 0. The van der Waals surface area contributed by atoms with E-state index in [0.29, 0.717) is 11.3 Å². The number of pyridine rings is 1. The van der Waals surface area contributed by atoms with Gasteiger partial charge >= 0.3 is 5.97 Å². The first kappa shape index (κ1) is 12.6. The molecule has 0 amide bonds. The number of carboxylic acid groups (broad SMARTS) is 1. The second-order valence-corrected chi connectivity index (χ2v) is 3.88. The van der Waals surface area contributed by atoms with Gasteiger partial charge in [0.15, 0.2) is 0 Å². The second kappa shape index (κ2) is 5.19. The van der Waals surface area contributed by atoms with E-state index in [9.17, 15) is 4.79 Å². The molecule has 5 nitrogen and oxygen atoms in total. The number of rotatable bonds is 3. The number of hydrogen-bond donors (Lipinski definition) is 1. The highest BCUT2D eigenvalue weighted by Gasteiger charge is 2.08. The van der Waals surface area contributed by atoms with Crippen LogP contribution < -0.4 is 4.74 Å². The molecule has 1 aromatic carbocycles. The fourth-order valence-corrected chi connectivity index (χ4v) is 1.49. The van der Waals surface area contributed by atoms with Crippen LogP contribution in [0.2, 0.25) is 0 Å². The number of carboxylic acids is 1. The van der Waals surface area contributed by atoms with Gasteiger partial charge in [-0.3, -0.25) is 0 Å². The first-order chi connectivity index (χ1) is 9.10. The third kappa shape index (κ3) is 2.87. The van der Waals surface area contributed by atoms with Crippen LogP contribution >= 0.6 is 0 Å². The van der Waals surface area contributed by atoms with Gasteiger partial charge < -0.3 is 9.84 Å². The molecule has 1 aromatic heterocycles. The van der Waals surface area contributed by atoms with Gasteiger partial charge in [-0.2, -0.15) is 5.26 Å². The Morgan fingerprint density at radius 2 is 2.16 bits per heavy atom. The predicted octanol–water partition coefficient (Wildman–Crippen LogP) is 2.75. The molecular formula is C14H10N2O3. The number of ether oxygens (including phenoxy) is 1. The molecule has 94 valence electrons. The zero-order chi connectivity index (χ0) is 13.8. The van der Waals surface area contributed by atoms with Gasteiger partial charge in [0, 0.05) is 12.3 Å². The monoisotopic (exact) mass is 254 g/mol. The van der Waals surface area contributed by atoms with Crippen LogP contribution in [0, 0.1) is 18.3 Å². The van der Waals surface area contributed by atoms with Gasteiger partial charge in [-0.05, 0) is 30.7 Å². The molecule has 0 aliphatic rings. The summed E-state index contributed by atoms with van der Waals surface area (Å²) in [6, 6.07) is 9.76. The first-order valence-corrected chi connectivity index (χ1v) is 5.48. The summed E-state index contributed by atoms with van der Waals surface area (Å²) >= 11 is 0. The van der Waals surface area contributed by atoms with Crippen molar-refractivity contribution in [3.63, 3.8) is 0 Å². The summed E-state index contributed by atoms with van der Waals surface area (Å²) in [5.41, 5.74) is 1.40. The Bertz CT molecular complexity index is 675. The minimum absolute atomic E-state index is 0.0964. The molecule has 0 aliphatic heterocycles. The zero-order valence-corrected chi connectivity index (χ0v) is 10.1. The Hall–Kier alpha value is -2.87. The van der Waals surface area contributed by atoms with Crippen molar-refractivity contribution < 1.29 is 14.6 Å². The standard InChI is InChI=1S/C14H10N2O3/c1-9-2-3-10(8-15)6-12(9)19-13-7-11(14(17)18)4-5-16-13/h2-7H,1H3,(H,17,18). The molecule has 0 atom stereocenters. The number of hydrogen-bond acceptors (Lipinski definition) is 4. The molecule has 0 saturated heterocycles. The van der Waals surface area contributed by atoms with Crippen LogP contribution in [0.1, 0.15) is 21.5 Å². The van der Waals surface area contributed by atoms with E-state index in [0.717, 1.165) is 5.56 Å². The molecule has 5 heteroatoms. The van der Waals surface area contributed by atoms with Gasteiger partial charge in [0.25, 0.3) is 0 Å².